The fourth-order valence-corrected chi connectivity index (χ4v) is 3.29. The maximum absolute atomic E-state index is 13.8. The largest absolute Gasteiger partial charge is 0.376 e. The molecule has 120 valence electrons. The van der Waals surface area contributed by atoms with Crippen LogP contribution < -0.4 is 5.32 Å². The lowest BCUT2D eigenvalue weighted by molar-refractivity contribution is 0.000143. The topological polar surface area (TPSA) is 38.3 Å². The van der Waals surface area contributed by atoms with Crippen molar-refractivity contribution >= 4 is 17.5 Å². The third-order valence-corrected chi connectivity index (χ3v) is 4.65. The molecule has 1 aliphatic rings. The van der Waals surface area contributed by atoms with E-state index in [1.54, 1.807) is 7.11 Å². The molecule has 2 aromatic carbocycles. The quantitative estimate of drug-likeness (QED) is 0.931. The average molecular weight is 334 g/mol. The van der Waals surface area contributed by atoms with Gasteiger partial charge in [0.2, 0.25) is 0 Å². The molecule has 0 spiro atoms. The molecular formula is C18H17ClFNO2. The van der Waals surface area contributed by atoms with E-state index in [1.807, 2.05) is 12.1 Å². The van der Waals surface area contributed by atoms with Crippen LogP contribution in [0.4, 0.5) is 4.39 Å². The maximum Gasteiger partial charge on any atom is 0.255 e. The highest BCUT2D eigenvalue weighted by molar-refractivity contribution is 6.33. The number of benzene rings is 2. The van der Waals surface area contributed by atoms with Crippen molar-refractivity contribution in [2.75, 3.05) is 13.7 Å². The first-order valence-corrected chi connectivity index (χ1v) is 7.77. The van der Waals surface area contributed by atoms with Gasteiger partial charge in [-0.05, 0) is 23.3 Å². The fourth-order valence-electron chi connectivity index (χ4n) is 3.05. The van der Waals surface area contributed by atoms with E-state index < -0.39 is 17.3 Å². The van der Waals surface area contributed by atoms with Crippen LogP contribution in [-0.4, -0.2) is 25.2 Å². The molecule has 0 atom stereocenters. The minimum Gasteiger partial charge on any atom is -0.376 e. The molecule has 0 aromatic heterocycles. The molecule has 1 amide bonds. The van der Waals surface area contributed by atoms with Gasteiger partial charge in [-0.3, -0.25) is 4.79 Å². The van der Waals surface area contributed by atoms with Gasteiger partial charge in [0.05, 0.1) is 16.2 Å². The van der Waals surface area contributed by atoms with Crippen molar-refractivity contribution in [2.45, 2.75) is 18.4 Å². The smallest absolute Gasteiger partial charge is 0.255 e. The first kappa shape index (κ1) is 16.0. The summed E-state index contributed by atoms with van der Waals surface area (Å²) < 4.78 is 19.5. The molecule has 1 aliphatic carbocycles. The molecular weight excluding hydrogens is 317 g/mol. The van der Waals surface area contributed by atoms with Crippen LogP contribution in [0.25, 0.3) is 0 Å². The van der Waals surface area contributed by atoms with E-state index in [4.69, 9.17) is 16.3 Å². The standard InChI is InChI=1S/C18H17ClFNO2/c1-23-18(9-12-5-2-3-6-13(12)10-18)11-21-17(22)16-14(19)7-4-8-15(16)20/h2-8H,9-11H2,1H3,(H,21,22). The number of carbonyl (C=O) groups is 1. The van der Waals surface area contributed by atoms with Crippen LogP contribution in [0, 0.1) is 5.82 Å². The SMILES string of the molecule is COC1(CNC(=O)c2c(F)cccc2Cl)Cc2ccccc2C1. The lowest BCUT2D eigenvalue weighted by Gasteiger charge is -2.27. The van der Waals surface area contributed by atoms with E-state index in [0.29, 0.717) is 19.4 Å². The highest BCUT2D eigenvalue weighted by Crippen LogP contribution is 2.32. The Bertz CT molecular complexity index is 702. The van der Waals surface area contributed by atoms with Crippen molar-refractivity contribution in [2.24, 2.45) is 0 Å². The van der Waals surface area contributed by atoms with Gasteiger partial charge in [-0.1, -0.05) is 41.9 Å². The Labute approximate surface area is 139 Å². The number of rotatable bonds is 4. The van der Waals surface area contributed by atoms with Crippen molar-refractivity contribution in [1.29, 1.82) is 0 Å². The first-order valence-electron chi connectivity index (χ1n) is 7.39. The predicted molar refractivity (Wildman–Crippen MR) is 87.3 cm³/mol. The van der Waals surface area contributed by atoms with Crippen molar-refractivity contribution < 1.29 is 13.9 Å². The molecule has 3 rings (SSSR count). The predicted octanol–water partition coefficient (Wildman–Crippen LogP) is 3.39. The Morgan fingerprint density at radius 3 is 2.43 bits per heavy atom. The van der Waals surface area contributed by atoms with Gasteiger partial charge in [0.15, 0.2) is 0 Å². The summed E-state index contributed by atoms with van der Waals surface area (Å²) in [6.07, 6.45) is 1.43. The second-order valence-electron chi connectivity index (χ2n) is 5.79. The van der Waals surface area contributed by atoms with Gasteiger partial charge in [-0.2, -0.15) is 0 Å². The van der Waals surface area contributed by atoms with Crippen LogP contribution in [0.15, 0.2) is 42.5 Å². The zero-order chi connectivity index (χ0) is 16.4. The van der Waals surface area contributed by atoms with Crippen LogP contribution in [-0.2, 0) is 17.6 Å². The first-order chi connectivity index (χ1) is 11.0. The summed E-state index contributed by atoms with van der Waals surface area (Å²) in [5.41, 5.74) is 1.80. The summed E-state index contributed by atoms with van der Waals surface area (Å²) in [7, 11) is 1.63. The molecule has 2 aromatic rings. The summed E-state index contributed by atoms with van der Waals surface area (Å²) in [6.45, 7) is 0.293. The molecule has 0 unspecified atom stereocenters. The number of halogens is 2. The van der Waals surface area contributed by atoms with E-state index in [1.165, 1.54) is 29.3 Å². The van der Waals surface area contributed by atoms with Crippen molar-refractivity contribution in [1.82, 2.24) is 5.32 Å². The molecule has 0 bridgehead atoms. The third-order valence-electron chi connectivity index (χ3n) is 4.34. The Balaban J connectivity index is 1.74. The highest BCUT2D eigenvalue weighted by atomic mass is 35.5. The number of hydrogen-bond donors (Lipinski definition) is 1. The fraction of sp³-hybridized carbons (Fsp3) is 0.278. The molecule has 0 saturated heterocycles. The van der Waals surface area contributed by atoms with E-state index in [9.17, 15) is 9.18 Å². The number of amides is 1. The van der Waals surface area contributed by atoms with Crippen molar-refractivity contribution in [3.8, 4) is 0 Å². The monoisotopic (exact) mass is 333 g/mol. The second kappa shape index (κ2) is 6.30. The van der Waals surface area contributed by atoms with Crippen LogP contribution in [0.1, 0.15) is 21.5 Å². The number of carbonyl (C=O) groups excluding carboxylic acids is 1. The molecule has 0 saturated carbocycles. The number of methoxy groups -OCH3 is 1. The highest BCUT2D eigenvalue weighted by Gasteiger charge is 2.37. The van der Waals surface area contributed by atoms with Gasteiger partial charge in [0.25, 0.3) is 5.91 Å². The molecule has 1 N–H and O–H groups in total. The minimum absolute atomic E-state index is 0.101. The Morgan fingerprint density at radius 2 is 1.87 bits per heavy atom. The Morgan fingerprint density at radius 1 is 1.22 bits per heavy atom. The zero-order valence-corrected chi connectivity index (χ0v) is 13.5. The summed E-state index contributed by atoms with van der Waals surface area (Å²) >= 11 is 5.93. The van der Waals surface area contributed by atoms with Crippen LogP contribution >= 0.6 is 11.6 Å². The van der Waals surface area contributed by atoms with Gasteiger partial charge < -0.3 is 10.1 Å². The van der Waals surface area contributed by atoms with Gasteiger partial charge in [-0.25, -0.2) is 4.39 Å². The number of fused-ring (bicyclic) bond motifs is 1. The van der Waals surface area contributed by atoms with E-state index >= 15 is 0 Å². The van der Waals surface area contributed by atoms with Crippen LogP contribution in [0.3, 0.4) is 0 Å². The molecule has 3 nitrogen and oxygen atoms in total. The van der Waals surface area contributed by atoms with Gasteiger partial charge >= 0.3 is 0 Å². The molecule has 0 heterocycles. The lowest BCUT2D eigenvalue weighted by atomic mass is 10.00. The van der Waals surface area contributed by atoms with Crippen LogP contribution in [0.2, 0.25) is 5.02 Å². The summed E-state index contributed by atoms with van der Waals surface area (Å²) in [5.74, 6) is -1.16. The van der Waals surface area contributed by atoms with E-state index in [-0.39, 0.29) is 10.6 Å². The van der Waals surface area contributed by atoms with E-state index in [2.05, 4.69) is 17.4 Å². The normalized spacial score (nSPS) is 15.3. The zero-order valence-electron chi connectivity index (χ0n) is 12.7. The Hall–Kier alpha value is -1.91. The summed E-state index contributed by atoms with van der Waals surface area (Å²) in [5, 5.41) is 2.86. The van der Waals surface area contributed by atoms with Gasteiger partial charge in [-0.15, -0.1) is 0 Å². The number of nitrogens with one attached hydrogen (secondary N) is 1. The molecule has 23 heavy (non-hydrogen) atoms. The Kier molecular flexibility index (Phi) is 4.37. The van der Waals surface area contributed by atoms with Gasteiger partial charge in [0.1, 0.15) is 5.82 Å². The number of hydrogen-bond acceptors (Lipinski definition) is 2. The molecule has 0 aliphatic heterocycles. The molecule has 5 heteroatoms. The third kappa shape index (κ3) is 3.09. The molecule has 0 fully saturated rings. The summed E-state index contributed by atoms with van der Waals surface area (Å²) in [6, 6.07) is 12.3. The molecule has 0 radical (unpaired) electrons. The minimum atomic E-state index is -0.629. The second-order valence-corrected chi connectivity index (χ2v) is 6.20. The lowest BCUT2D eigenvalue weighted by Crippen LogP contribution is -2.45. The number of ether oxygens (including phenoxy) is 1. The van der Waals surface area contributed by atoms with Crippen molar-refractivity contribution in [3.05, 3.63) is 70.0 Å². The maximum atomic E-state index is 13.8. The summed E-state index contributed by atoms with van der Waals surface area (Å²) in [4.78, 5) is 12.3. The van der Waals surface area contributed by atoms with Gasteiger partial charge in [0, 0.05) is 26.5 Å². The average Bonchev–Trinajstić information content (AvgIpc) is 2.92. The van der Waals surface area contributed by atoms with Crippen molar-refractivity contribution in [3.63, 3.8) is 0 Å². The van der Waals surface area contributed by atoms with Crippen LogP contribution in [0.5, 0.6) is 0 Å². The van der Waals surface area contributed by atoms with E-state index in [0.717, 1.165) is 0 Å².